The summed E-state index contributed by atoms with van der Waals surface area (Å²) in [5, 5.41) is 25.0. The molecule has 0 saturated heterocycles. The van der Waals surface area contributed by atoms with E-state index in [0.29, 0.717) is 21.6 Å². The number of aromatic carboxylic acids is 1. The molecule has 2 amide bonds. The van der Waals surface area contributed by atoms with Gasteiger partial charge in [-0.2, -0.15) is 0 Å². The number of rotatable bonds is 8. The molecule has 5 rings (SSSR count). The Bertz CT molecular complexity index is 1670. The molecule has 8 nitrogen and oxygen atoms in total. The smallest absolute Gasteiger partial charge is 0.336 e. The molecular formula is C29H22N4O4S2. The Labute approximate surface area is 232 Å². The third kappa shape index (κ3) is 5.97. The van der Waals surface area contributed by atoms with Crippen molar-refractivity contribution in [1.29, 1.82) is 0 Å². The number of fused-ring (bicyclic) bond motifs is 1. The standard InChI is InChI=1S/C29H22N4O4S2/c1-17-32-33-29(38-17)31-27(35)25(19-7-3-2-4-8-19)39-21-15-13-20(14-16-21)30-26(34)22-11-5-9-18-10-6-12-23(24(18)22)28(36)37/h2-16,25H,1H3,(H,30,34)(H,36,37)(H,31,33,35). The number of hydrogen-bond acceptors (Lipinski definition) is 7. The Hall–Kier alpha value is -4.54. The highest BCUT2D eigenvalue weighted by atomic mass is 32.2. The van der Waals surface area contributed by atoms with E-state index in [4.69, 9.17) is 0 Å². The Morgan fingerprint density at radius 1 is 0.821 bits per heavy atom. The maximum atomic E-state index is 13.2. The first-order chi connectivity index (χ1) is 18.9. The van der Waals surface area contributed by atoms with Crippen molar-refractivity contribution in [1.82, 2.24) is 10.2 Å². The zero-order chi connectivity index (χ0) is 27.4. The van der Waals surface area contributed by atoms with Crippen LogP contribution in [0.2, 0.25) is 0 Å². The van der Waals surface area contributed by atoms with Gasteiger partial charge in [0, 0.05) is 21.5 Å². The number of hydrogen-bond donors (Lipinski definition) is 3. The SMILES string of the molecule is Cc1nnc(NC(=O)C(Sc2ccc(NC(=O)c3cccc4cccc(C(=O)O)c34)cc2)c2ccccc2)s1. The topological polar surface area (TPSA) is 121 Å². The van der Waals surface area contributed by atoms with Crippen LogP contribution in [0.15, 0.2) is 95.9 Å². The molecule has 194 valence electrons. The molecule has 0 radical (unpaired) electrons. The predicted octanol–water partition coefficient (Wildman–Crippen LogP) is 6.42. The van der Waals surface area contributed by atoms with Crippen molar-refractivity contribution in [3.8, 4) is 0 Å². The van der Waals surface area contributed by atoms with Crippen molar-refractivity contribution in [3.63, 3.8) is 0 Å². The van der Waals surface area contributed by atoms with Crippen LogP contribution in [0.1, 0.15) is 36.5 Å². The van der Waals surface area contributed by atoms with Gasteiger partial charge in [-0.1, -0.05) is 65.9 Å². The molecule has 1 aromatic heterocycles. The average molecular weight is 555 g/mol. The summed E-state index contributed by atoms with van der Waals surface area (Å²) in [6.07, 6.45) is 0. The summed E-state index contributed by atoms with van der Waals surface area (Å²) < 4.78 is 0. The van der Waals surface area contributed by atoms with Gasteiger partial charge in [0.15, 0.2) is 0 Å². The fourth-order valence-corrected chi connectivity index (χ4v) is 5.70. The lowest BCUT2D eigenvalue weighted by Gasteiger charge is -2.16. The molecule has 0 aliphatic rings. The fraction of sp³-hybridized carbons (Fsp3) is 0.0690. The van der Waals surface area contributed by atoms with E-state index in [0.717, 1.165) is 15.5 Å². The number of nitrogens with zero attached hydrogens (tertiary/aromatic N) is 2. The lowest BCUT2D eigenvalue weighted by atomic mass is 9.98. The quantitative estimate of drug-likeness (QED) is 0.189. The van der Waals surface area contributed by atoms with Crippen LogP contribution in [0.25, 0.3) is 10.8 Å². The van der Waals surface area contributed by atoms with Crippen LogP contribution in [0.3, 0.4) is 0 Å². The molecule has 1 heterocycles. The van der Waals surface area contributed by atoms with Gasteiger partial charge in [-0.15, -0.1) is 22.0 Å². The van der Waals surface area contributed by atoms with Crippen molar-refractivity contribution in [2.24, 2.45) is 0 Å². The number of carboxylic acid groups (broad SMARTS) is 1. The second kappa shape index (κ2) is 11.5. The number of benzene rings is 4. The molecule has 0 spiro atoms. The van der Waals surface area contributed by atoms with Crippen LogP contribution in [0.5, 0.6) is 0 Å². The van der Waals surface area contributed by atoms with Gasteiger partial charge in [0.05, 0.1) is 5.56 Å². The Kier molecular flexibility index (Phi) is 7.67. The molecule has 39 heavy (non-hydrogen) atoms. The summed E-state index contributed by atoms with van der Waals surface area (Å²) >= 11 is 2.68. The molecule has 0 aliphatic heterocycles. The number of thioether (sulfide) groups is 1. The van der Waals surface area contributed by atoms with E-state index >= 15 is 0 Å². The largest absolute Gasteiger partial charge is 0.478 e. The molecule has 0 saturated carbocycles. The van der Waals surface area contributed by atoms with Gasteiger partial charge in [-0.05, 0) is 54.3 Å². The number of nitrogens with one attached hydrogen (secondary N) is 2. The minimum absolute atomic E-state index is 0.0684. The van der Waals surface area contributed by atoms with Gasteiger partial charge in [0.2, 0.25) is 11.0 Å². The van der Waals surface area contributed by atoms with Crippen LogP contribution in [-0.4, -0.2) is 33.1 Å². The molecule has 10 heteroatoms. The molecule has 1 unspecified atom stereocenters. The first-order valence-electron chi connectivity index (χ1n) is 11.9. The Balaban J connectivity index is 1.35. The van der Waals surface area contributed by atoms with Crippen molar-refractivity contribution in [2.75, 3.05) is 10.6 Å². The zero-order valence-electron chi connectivity index (χ0n) is 20.6. The van der Waals surface area contributed by atoms with Gasteiger partial charge >= 0.3 is 5.97 Å². The third-order valence-corrected chi connectivity index (χ3v) is 7.86. The minimum Gasteiger partial charge on any atom is -0.478 e. The third-order valence-electron chi connectivity index (χ3n) is 5.84. The number of carbonyl (C=O) groups excluding carboxylic acids is 2. The zero-order valence-corrected chi connectivity index (χ0v) is 22.3. The van der Waals surface area contributed by atoms with Crippen molar-refractivity contribution in [2.45, 2.75) is 17.1 Å². The monoisotopic (exact) mass is 554 g/mol. The summed E-state index contributed by atoms with van der Waals surface area (Å²) in [6.45, 7) is 1.82. The number of aryl methyl sites for hydroxylation is 1. The number of aromatic nitrogens is 2. The minimum atomic E-state index is -1.10. The van der Waals surface area contributed by atoms with E-state index in [1.165, 1.54) is 29.2 Å². The van der Waals surface area contributed by atoms with E-state index in [9.17, 15) is 19.5 Å². The maximum Gasteiger partial charge on any atom is 0.336 e. The van der Waals surface area contributed by atoms with Gasteiger partial charge in [0.1, 0.15) is 10.3 Å². The summed E-state index contributed by atoms with van der Waals surface area (Å²) in [5.74, 6) is -1.73. The van der Waals surface area contributed by atoms with Gasteiger partial charge < -0.3 is 10.4 Å². The van der Waals surface area contributed by atoms with Crippen LogP contribution in [0, 0.1) is 6.92 Å². The molecule has 4 aromatic carbocycles. The number of carboxylic acids is 1. The lowest BCUT2D eigenvalue weighted by molar-refractivity contribution is -0.115. The molecule has 0 aliphatic carbocycles. The second-order valence-electron chi connectivity index (χ2n) is 8.52. The summed E-state index contributed by atoms with van der Waals surface area (Å²) in [5.41, 5.74) is 1.72. The van der Waals surface area contributed by atoms with Gasteiger partial charge in [0.25, 0.3) is 5.91 Å². The first kappa shape index (κ1) is 26.1. The number of carbonyl (C=O) groups is 3. The fourth-order valence-electron chi connectivity index (χ4n) is 4.08. The highest BCUT2D eigenvalue weighted by Gasteiger charge is 2.23. The summed E-state index contributed by atoms with van der Waals surface area (Å²) in [7, 11) is 0. The second-order valence-corrected chi connectivity index (χ2v) is 10.9. The Morgan fingerprint density at radius 2 is 1.51 bits per heavy atom. The number of anilines is 2. The average Bonchev–Trinajstić information content (AvgIpc) is 3.36. The molecule has 5 aromatic rings. The molecule has 0 bridgehead atoms. The van der Waals surface area contributed by atoms with Crippen LogP contribution in [0.4, 0.5) is 10.8 Å². The van der Waals surface area contributed by atoms with Crippen molar-refractivity contribution in [3.05, 3.63) is 113 Å². The predicted molar refractivity (Wildman–Crippen MR) is 154 cm³/mol. The van der Waals surface area contributed by atoms with Crippen molar-refractivity contribution < 1.29 is 19.5 Å². The Morgan fingerprint density at radius 3 is 2.15 bits per heavy atom. The molecule has 1 atom stereocenters. The van der Waals surface area contributed by atoms with Gasteiger partial charge in [-0.3, -0.25) is 14.9 Å². The first-order valence-corrected chi connectivity index (χ1v) is 13.6. The molecule has 3 N–H and O–H groups in total. The van der Waals surface area contributed by atoms with E-state index in [2.05, 4.69) is 20.8 Å². The molecule has 0 fully saturated rings. The van der Waals surface area contributed by atoms with Crippen LogP contribution < -0.4 is 10.6 Å². The van der Waals surface area contributed by atoms with E-state index in [1.54, 1.807) is 42.5 Å². The summed E-state index contributed by atoms with van der Waals surface area (Å²) in [6, 6.07) is 26.6. The van der Waals surface area contributed by atoms with Crippen molar-refractivity contribution >= 4 is 62.5 Å². The summed E-state index contributed by atoms with van der Waals surface area (Å²) in [4.78, 5) is 38.9. The van der Waals surface area contributed by atoms with Gasteiger partial charge in [-0.25, -0.2) is 4.79 Å². The molecular weight excluding hydrogens is 532 g/mol. The van der Waals surface area contributed by atoms with Crippen LogP contribution >= 0.6 is 23.1 Å². The maximum absolute atomic E-state index is 13.2. The number of amides is 2. The highest BCUT2D eigenvalue weighted by molar-refractivity contribution is 8.00. The van der Waals surface area contributed by atoms with E-state index < -0.39 is 17.1 Å². The van der Waals surface area contributed by atoms with E-state index in [1.807, 2.05) is 49.4 Å². The van der Waals surface area contributed by atoms with Crippen LogP contribution in [-0.2, 0) is 4.79 Å². The normalized spacial score (nSPS) is 11.6. The van der Waals surface area contributed by atoms with E-state index in [-0.39, 0.29) is 17.0 Å². The lowest BCUT2D eigenvalue weighted by Crippen LogP contribution is -2.19. The highest BCUT2D eigenvalue weighted by Crippen LogP contribution is 2.37.